The van der Waals surface area contributed by atoms with Crippen molar-refractivity contribution in [2.24, 2.45) is 0 Å². The van der Waals surface area contributed by atoms with Crippen molar-refractivity contribution in [3.63, 3.8) is 0 Å². The molecule has 1 aliphatic carbocycles. The van der Waals surface area contributed by atoms with Crippen LogP contribution < -0.4 is 5.32 Å². The minimum absolute atomic E-state index is 0.314. The van der Waals surface area contributed by atoms with Crippen molar-refractivity contribution in [1.29, 1.82) is 0 Å². The quantitative estimate of drug-likeness (QED) is 0.436. The number of rotatable bonds is 5. The van der Waals surface area contributed by atoms with Crippen molar-refractivity contribution < 1.29 is 18.3 Å². The van der Waals surface area contributed by atoms with E-state index in [0.717, 1.165) is 25.0 Å². The predicted octanol–water partition coefficient (Wildman–Crippen LogP) is 5.94. The highest BCUT2D eigenvalue weighted by molar-refractivity contribution is 7.15. The van der Waals surface area contributed by atoms with Crippen LogP contribution in [0.1, 0.15) is 55.5 Å². The fraction of sp³-hybridized carbons (Fsp3) is 0.500. The molecule has 1 saturated carbocycles. The van der Waals surface area contributed by atoms with Crippen LogP contribution >= 0.6 is 11.3 Å². The van der Waals surface area contributed by atoms with Crippen molar-refractivity contribution in [2.45, 2.75) is 62.8 Å². The Hall–Kier alpha value is -2.56. The molecule has 2 fully saturated rings. The largest absolute Gasteiger partial charge is 0.416 e. The first kappa shape index (κ1) is 25.1. The summed E-state index contributed by atoms with van der Waals surface area (Å²) in [6.45, 7) is 1.43. The molecule has 3 aromatic rings. The zero-order valence-electron chi connectivity index (χ0n) is 20.2. The minimum atomic E-state index is -4.47. The number of piperidine rings is 1. The van der Waals surface area contributed by atoms with Gasteiger partial charge in [-0.3, -0.25) is 0 Å². The summed E-state index contributed by atoms with van der Waals surface area (Å²) in [7, 11) is 2.00. The van der Waals surface area contributed by atoms with Crippen LogP contribution in [0.4, 0.5) is 19.1 Å². The number of likely N-dealkylation sites (tertiary alicyclic amines) is 1. The second-order valence-corrected chi connectivity index (χ2v) is 10.9. The zero-order valence-corrected chi connectivity index (χ0v) is 21.0. The number of hydrogen-bond donors (Lipinski definition) is 2. The molecule has 1 aromatic carbocycles. The van der Waals surface area contributed by atoms with Crippen LogP contribution in [0, 0.1) is 0 Å². The van der Waals surface area contributed by atoms with Gasteiger partial charge >= 0.3 is 6.18 Å². The van der Waals surface area contributed by atoms with Gasteiger partial charge < -0.3 is 15.3 Å². The van der Waals surface area contributed by atoms with E-state index in [1.54, 1.807) is 18.3 Å². The number of anilines is 1. The highest BCUT2D eigenvalue weighted by Gasteiger charge is 2.38. The molecule has 6 nitrogen and oxygen atoms in total. The predicted molar refractivity (Wildman–Crippen MR) is 135 cm³/mol. The van der Waals surface area contributed by atoms with Crippen LogP contribution in [0.5, 0.6) is 0 Å². The Morgan fingerprint density at radius 3 is 2.56 bits per heavy atom. The Morgan fingerprint density at radius 1 is 1.08 bits per heavy atom. The Morgan fingerprint density at radius 2 is 1.83 bits per heavy atom. The van der Waals surface area contributed by atoms with Crippen LogP contribution in [0.3, 0.4) is 0 Å². The van der Waals surface area contributed by atoms with Crippen LogP contribution in [0.15, 0.2) is 36.5 Å². The third kappa shape index (κ3) is 5.40. The first-order valence-electron chi connectivity index (χ1n) is 12.4. The van der Waals surface area contributed by atoms with E-state index in [1.165, 1.54) is 36.7 Å². The summed E-state index contributed by atoms with van der Waals surface area (Å²) >= 11 is 1.30. The van der Waals surface area contributed by atoms with E-state index in [-0.39, 0.29) is 0 Å². The molecule has 5 rings (SSSR count). The Labute approximate surface area is 212 Å². The molecule has 10 heteroatoms. The monoisotopic (exact) mass is 517 g/mol. The van der Waals surface area contributed by atoms with E-state index in [0.29, 0.717) is 64.8 Å². The number of aromatic nitrogens is 3. The third-order valence-electron chi connectivity index (χ3n) is 7.13. The highest BCUT2D eigenvalue weighted by Crippen LogP contribution is 2.44. The van der Waals surface area contributed by atoms with Crippen LogP contribution in [0.2, 0.25) is 0 Å². The molecule has 3 heterocycles. The lowest BCUT2D eigenvalue weighted by Crippen LogP contribution is -2.40. The van der Waals surface area contributed by atoms with Gasteiger partial charge in [0, 0.05) is 30.9 Å². The number of nitrogens with one attached hydrogen (secondary N) is 1. The molecule has 0 radical (unpaired) electrons. The van der Waals surface area contributed by atoms with Gasteiger partial charge in [-0.05, 0) is 50.9 Å². The molecule has 1 aliphatic heterocycles. The van der Waals surface area contributed by atoms with Crippen LogP contribution in [0.25, 0.3) is 21.8 Å². The summed E-state index contributed by atoms with van der Waals surface area (Å²) in [4.78, 5) is 16.6. The highest BCUT2D eigenvalue weighted by atomic mass is 32.1. The molecule has 2 N–H and O–H groups in total. The number of thiazole rings is 1. The lowest BCUT2D eigenvalue weighted by molar-refractivity contribution is -0.137. The maximum absolute atomic E-state index is 13.5. The topological polar surface area (TPSA) is 74.2 Å². The fourth-order valence-electron chi connectivity index (χ4n) is 4.92. The molecule has 2 aliphatic rings. The average molecular weight is 518 g/mol. The molecule has 192 valence electrons. The summed E-state index contributed by atoms with van der Waals surface area (Å²) in [5.74, 6) is 0.502. The van der Waals surface area contributed by atoms with E-state index in [2.05, 4.69) is 15.2 Å². The molecular weight excluding hydrogens is 487 g/mol. The molecule has 36 heavy (non-hydrogen) atoms. The van der Waals surface area contributed by atoms with Gasteiger partial charge in [0.25, 0.3) is 0 Å². The summed E-state index contributed by atoms with van der Waals surface area (Å²) in [5, 5.41) is 15.4. The molecule has 1 saturated heterocycles. The summed E-state index contributed by atoms with van der Waals surface area (Å²) in [5.41, 5.74) is -0.533. The fourth-order valence-corrected chi connectivity index (χ4v) is 6.12. The number of nitrogens with zero attached hydrogens (tertiary/aromatic N) is 4. The third-order valence-corrected chi connectivity index (χ3v) is 8.40. The molecule has 0 unspecified atom stereocenters. The van der Waals surface area contributed by atoms with E-state index >= 15 is 0 Å². The molecular formula is C26H30F3N5OS. The van der Waals surface area contributed by atoms with Gasteiger partial charge in [0.05, 0.1) is 21.8 Å². The van der Waals surface area contributed by atoms with Gasteiger partial charge in [-0.2, -0.15) is 13.2 Å². The van der Waals surface area contributed by atoms with E-state index < -0.39 is 17.3 Å². The number of benzene rings is 1. The minimum Gasteiger partial charge on any atom is -0.383 e. The Bertz CT molecular complexity index is 1200. The van der Waals surface area contributed by atoms with Gasteiger partial charge in [-0.25, -0.2) is 15.0 Å². The lowest BCUT2D eigenvalue weighted by atomic mass is 9.92. The average Bonchev–Trinajstić information content (AvgIpc) is 3.33. The van der Waals surface area contributed by atoms with E-state index in [4.69, 9.17) is 9.97 Å². The van der Waals surface area contributed by atoms with Gasteiger partial charge in [0.1, 0.15) is 10.6 Å². The number of alkyl halides is 3. The summed E-state index contributed by atoms with van der Waals surface area (Å²) in [6.07, 6.45) is 3.92. The Balaban J connectivity index is 1.56. The first-order chi connectivity index (χ1) is 17.2. The van der Waals surface area contributed by atoms with Crippen molar-refractivity contribution in [3.05, 3.63) is 47.1 Å². The molecule has 0 amide bonds. The zero-order chi connectivity index (χ0) is 25.3. The lowest BCUT2D eigenvalue weighted by Gasteiger charge is -2.34. The maximum atomic E-state index is 13.5. The first-order valence-corrected chi connectivity index (χ1v) is 13.2. The van der Waals surface area contributed by atoms with Gasteiger partial charge in [-0.15, -0.1) is 11.3 Å². The molecule has 0 bridgehead atoms. The van der Waals surface area contributed by atoms with E-state index in [9.17, 15) is 18.3 Å². The summed E-state index contributed by atoms with van der Waals surface area (Å²) in [6, 6.07) is 7.24. The smallest absolute Gasteiger partial charge is 0.383 e. The van der Waals surface area contributed by atoms with Crippen molar-refractivity contribution >= 4 is 17.3 Å². The van der Waals surface area contributed by atoms with Crippen molar-refractivity contribution in [2.75, 3.05) is 25.5 Å². The second-order valence-electron chi connectivity index (χ2n) is 9.85. The second kappa shape index (κ2) is 10.1. The standard InChI is InChI=1S/C26H30F3N5OS/c1-34-14-11-25(35,12-15-34)23-33-21(17-6-5-7-18(16-17)26(27,28)29)22(36-23)20-10-13-30-24(32-20)31-19-8-3-2-4-9-19/h5-7,10,13,16,19,35H,2-4,8-9,11-12,14-15H2,1H3,(H,30,31,32). The van der Waals surface area contributed by atoms with Gasteiger partial charge in [0.15, 0.2) is 0 Å². The number of aliphatic hydroxyl groups is 1. The van der Waals surface area contributed by atoms with E-state index in [1.807, 2.05) is 7.05 Å². The normalized spacial score (nSPS) is 19.4. The maximum Gasteiger partial charge on any atom is 0.416 e. The van der Waals surface area contributed by atoms with Crippen LogP contribution in [-0.4, -0.2) is 51.1 Å². The van der Waals surface area contributed by atoms with Crippen LogP contribution in [-0.2, 0) is 11.8 Å². The van der Waals surface area contributed by atoms with Crippen molar-refractivity contribution in [1.82, 2.24) is 19.9 Å². The Kier molecular flexibility index (Phi) is 7.02. The van der Waals surface area contributed by atoms with Crippen molar-refractivity contribution in [3.8, 4) is 21.8 Å². The van der Waals surface area contributed by atoms with Gasteiger partial charge in [0.2, 0.25) is 5.95 Å². The SMILES string of the molecule is CN1CCC(O)(c2nc(-c3cccc(C(F)(F)F)c3)c(-c3ccnc(NC4CCCCC4)n3)s2)CC1. The number of halogens is 3. The molecule has 0 atom stereocenters. The molecule has 2 aromatic heterocycles. The molecule has 0 spiro atoms. The summed E-state index contributed by atoms with van der Waals surface area (Å²) < 4.78 is 40.5. The number of hydrogen-bond acceptors (Lipinski definition) is 7. The van der Waals surface area contributed by atoms with Gasteiger partial charge in [-0.1, -0.05) is 31.4 Å².